The molecule has 1 N–H and O–H groups in total. The van der Waals surface area contributed by atoms with Gasteiger partial charge in [-0.2, -0.15) is 5.10 Å². The van der Waals surface area contributed by atoms with Gasteiger partial charge in [-0.15, -0.1) is 11.3 Å². The monoisotopic (exact) mass is 316 g/mol. The van der Waals surface area contributed by atoms with Crippen molar-refractivity contribution >= 4 is 16.5 Å². The Labute approximate surface area is 132 Å². The predicted octanol–water partition coefficient (Wildman–Crippen LogP) is 3.91. The quantitative estimate of drug-likeness (QED) is 0.793. The van der Waals surface area contributed by atoms with Crippen molar-refractivity contribution in [2.45, 2.75) is 20.4 Å². The van der Waals surface area contributed by atoms with Gasteiger partial charge in [0.05, 0.1) is 11.4 Å². The van der Waals surface area contributed by atoms with Crippen LogP contribution in [0, 0.1) is 19.7 Å². The molecular weight excluding hydrogens is 299 g/mol. The normalized spacial score (nSPS) is 10.9. The molecule has 0 radical (unpaired) electrons. The summed E-state index contributed by atoms with van der Waals surface area (Å²) in [6.07, 6.45) is 0. The predicted molar refractivity (Wildman–Crippen MR) is 87.5 cm³/mol. The lowest BCUT2D eigenvalue weighted by Crippen LogP contribution is -2.02. The molecule has 3 aromatic rings. The number of aromatic nitrogens is 3. The molecule has 6 heteroatoms. The molecule has 4 nitrogen and oxygen atoms in total. The van der Waals surface area contributed by atoms with Gasteiger partial charge in [-0.25, -0.2) is 9.37 Å². The first-order chi connectivity index (χ1) is 10.5. The highest BCUT2D eigenvalue weighted by atomic mass is 32.1. The van der Waals surface area contributed by atoms with Crippen LogP contribution in [0.15, 0.2) is 29.6 Å². The molecule has 0 spiro atoms. The molecule has 0 aliphatic carbocycles. The van der Waals surface area contributed by atoms with E-state index in [1.54, 1.807) is 23.5 Å². The van der Waals surface area contributed by atoms with Crippen molar-refractivity contribution in [1.29, 1.82) is 0 Å². The first-order valence-electron chi connectivity index (χ1n) is 6.99. The topological polar surface area (TPSA) is 42.7 Å². The van der Waals surface area contributed by atoms with Crippen molar-refractivity contribution in [2.75, 3.05) is 5.32 Å². The molecule has 114 valence electrons. The van der Waals surface area contributed by atoms with Gasteiger partial charge in [0.15, 0.2) is 5.13 Å². The van der Waals surface area contributed by atoms with Gasteiger partial charge in [-0.3, -0.25) is 4.68 Å². The first kappa shape index (κ1) is 14.7. The lowest BCUT2D eigenvalue weighted by Gasteiger charge is -2.03. The van der Waals surface area contributed by atoms with Crippen LogP contribution in [-0.4, -0.2) is 14.8 Å². The Balaban J connectivity index is 1.73. The van der Waals surface area contributed by atoms with Gasteiger partial charge in [0.25, 0.3) is 0 Å². The number of nitrogens with zero attached hydrogens (tertiary/aromatic N) is 3. The van der Waals surface area contributed by atoms with Crippen LogP contribution >= 0.6 is 11.3 Å². The maximum atomic E-state index is 13.0. The minimum atomic E-state index is -0.236. The number of aryl methyl sites for hydroxylation is 2. The standard InChI is InChI=1S/C16H17FN4S/c1-10-14(11(2)21(3)20-10)8-18-16-19-15(9-22-16)12-4-6-13(17)7-5-12/h4-7,9H,8H2,1-3H3,(H,18,19). The molecule has 22 heavy (non-hydrogen) atoms. The molecule has 0 saturated heterocycles. The van der Waals surface area contributed by atoms with Gasteiger partial charge in [0.2, 0.25) is 0 Å². The molecule has 0 amide bonds. The fraction of sp³-hybridized carbons (Fsp3) is 0.250. The van der Waals surface area contributed by atoms with E-state index in [1.165, 1.54) is 17.7 Å². The highest BCUT2D eigenvalue weighted by Gasteiger charge is 2.10. The molecule has 0 saturated carbocycles. The second-order valence-electron chi connectivity index (χ2n) is 5.17. The molecule has 2 aromatic heterocycles. The van der Waals surface area contributed by atoms with E-state index in [-0.39, 0.29) is 5.82 Å². The Kier molecular flexibility index (Phi) is 3.94. The van der Waals surface area contributed by atoms with Crippen LogP contribution in [-0.2, 0) is 13.6 Å². The summed E-state index contributed by atoms with van der Waals surface area (Å²) in [7, 11) is 1.95. The zero-order chi connectivity index (χ0) is 15.7. The molecule has 3 rings (SSSR count). The van der Waals surface area contributed by atoms with E-state index in [0.29, 0.717) is 6.54 Å². The summed E-state index contributed by atoms with van der Waals surface area (Å²) >= 11 is 1.54. The molecule has 0 fully saturated rings. The van der Waals surface area contributed by atoms with E-state index in [2.05, 4.69) is 22.3 Å². The maximum Gasteiger partial charge on any atom is 0.183 e. The fourth-order valence-electron chi connectivity index (χ4n) is 2.35. The summed E-state index contributed by atoms with van der Waals surface area (Å²) in [5.74, 6) is -0.236. The lowest BCUT2D eigenvalue weighted by atomic mass is 10.2. The summed E-state index contributed by atoms with van der Waals surface area (Å²) in [5.41, 5.74) is 5.15. The summed E-state index contributed by atoms with van der Waals surface area (Å²) in [6.45, 7) is 4.76. The Hall–Kier alpha value is -2.21. The third-order valence-corrected chi connectivity index (χ3v) is 4.52. The van der Waals surface area contributed by atoms with Gasteiger partial charge in [-0.05, 0) is 38.1 Å². The number of rotatable bonds is 4. The highest BCUT2D eigenvalue weighted by molar-refractivity contribution is 7.14. The molecule has 0 aliphatic rings. The van der Waals surface area contributed by atoms with E-state index in [4.69, 9.17) is 0 Å². The highest BCUT2D eigenvalue weighted by Crippen LogP contribution is 2.25. The van der Waals surface area contributed by atoms with Crippen LogP contribution in [0.2, 0.25) is 0 Å². The number of halogens is 1. The summed E-state index contributed by atoms with van der Waals surface area (Å²) in [4.78, 5) is 4.55. The van der Waals surface area contributed by atoms with E-state index in [1.807, 2.05) is 24.0 Å². The zero-order valence-corrected chi connectivity index (χ0v) is 13.5. The van der Waals surface area contributed by atoms with Gasteiger partial charge in [0.1, 0.15) is 5.82 Å². The van der Waals surface area contributed by atoms with Gasteiger partial charge in [-0.1, -0.05) is 0 Å². The van der Waals surface area contributed by atoms with Crippen molar-refractivity contribution in [3.63, 3.8) is 0 Å². The van der Waals surface area contributed by atoms with Crippen molar-refractivity contribution in [3.05, 3.63) is 52.4 Å². The van der Waals surface area contributed by atoms with Crippen molar-refractivity contribution < 1.29 is 4.39 Å². The Morgan fingerprint density at radius 1 is 1.23 bits per heavy atom. The molecule has 0 aliphatic heterocycles. The van der Waals surface area contributed by atoms with Crippen LogP contribution in [0.3, 0.4) is 0 Å². The van der Waals surface area contributed by atoms with Crippen molar-refractivity contribution in [1.82, 2.24) is 14.8 Å². The fourth-order valence-corrected chi connectivity index (χ4v) is 3.06. The van der Waals surface area contributed by atoms with Crippen LogP contribution in [0.25, 0.3) is 11.3 Å². The molecule has 1 aromatic carbocycles. The van der Waals surface area contributed by atoms with Crippen LogP contribution in [0.5, 0.6) is 0 Å². The van der Waals surface area contributed by atoms with E-state index < -0.39 is 0 Å². The molecule has 0 bridgehead atoms. The molecular formula is C16H17FN4S. The van der Waals surface area contributed by atoms with Gasteiger partial charge >= 0.3 is 0 Å². The van der Waals surface area contributed by atoms with Gasteiger partial charge in [0, 0.05) is 35.8 Å². The van der Waals surface area contributed by atoms with Crippen LogP contribution in [0.4, 0.5) is 9.52 Å². The number of benzene rings is 1. The number of hydrogen-bond donors (Lipinski definition) is 1. The smallest absolute Gasteiger partial charge is 0.183 e. The SMILES string of the molecule is Cc1nn(C)c(C)c1CNc1nc(-c2ccc(F)cc2)cs1. The Morgan fingerprint density at radius 2 is 1.95 bits per heavy atom. The van der Waals surface area contributed by atoms with Crippen LogP contribution in [0.1, 0.15) is 17.0 Å². The Bertz CT molecular complexity index is 789. The van der Waals surface area contributed by atoms with Gasteiger partial charge < -0.3 is 5.32 Å². The molecule has 2 heterocycles. The second kappa shape index (κ2) is 5.88. The molecule has 0 atom stereocenters. The van der Waals surface area contributed by atoms with Crippen molar-refractivity contribution in [2.24, 2.45) is 7.05 Å². The third-order valence-electron chi connectivity index (χ3n) is 3.72. The number of anilines is 1. The first-order valence-corrected chi connectivity index (χ1v) is 7.87. The lowest BCUT2D eigenvalue weighted by molar-refractivity contribution is 0.628. The summed E-state index contributed by atoms with van der Waals surface area (Å²) < 4.78 is 14.8. The zero-order valence-electron chi connectivity index (χ0n) is 12.7. The van der Waals surface area contributed by atoms with E-state index in [9.17, 15) is 4.39 Å². The second-order valence-corrected chi connectivity index (χ2v) is 6.03. The third kappa shape index (κ3) is 2.87. The minimum absolute atomic E-state index is 0.236. The summed E-state index contributed by atoms with van der Waals surface area (Å²) in [6, 6.07) is 6.38. The van der Waals surface area contributed by atoms with E-state index >= 15 is 0 Å². The average Bonchev–Trinajstić information content (AvgIpc) is 3.05. The summed E-state index contributed by atoms with van der Waals surface area (Å²) in [5, 5.41) is 10.6. The Morgan fingerprint density at radius 3 is 2.59 bits per heavy atom. The van der Waals surface area contributed by atoms with E-state index in [0.717, 1.165) is 27.8 Å². The maximum absolute atomic E-state index is 13.0. The number of hydrogen-bond acceptors (Lipinski definition) is 4. The number of nitrogens with one attached hydrogen (secondary N) is 1. The largest absolute Gasteiger partial charge is 0.357 e. The molecule has 0 unspecified atom stereocenters. The minimum Gasteiger partial charge on any atom is -0.357 e. The van der Waals surface area contributed by atoms with Crippen LogP contribution < -0.4 is 5.32 Å². The number of thiazole rings is 1. The average molecular weight is 316 g/mol. The van der Waals surface area contributed by atoms with Crippen molar-refractivity contribution in [3.8, 4) is 11.3 Å².